The van der Waals surface area contributed by atoms with Crippen LogP contribution in [0.3, 0.4) is 0 Å². The van der Waals surface area contributed by atoms with Crippen molar-refractivity contribution in [3.63, 3.8) is 0 Å². The Bertz CT molecular complexity index is 1290. The molecule has 1 aliphatic rings. The molecule has 0 fully saturated rings. The standard InChI is InChI=1S/C25H22F2NO7P/c26-25(27,36(31,32)33)16-11-9-15(10-12-16)13-22(28)23(29)35-24(30)34-14-21-19-7-3-1-5-17(19)18-6-2-4-8-20(18)21/h1-12,21-22H,13-14,28H2,(H2,31,32,33)/t22-/m0/s1. The molecule has 0 heterocycles. The molecule has 8 nitrogen and oxygen atoms in total. The Kier molecular flexibility index (Phi) is 7.06. The third-order valence-electron chi connectivity index (χ3n) is 5.94. The van der Waals surface area contributed by atoms with E-state index in [1.165, 1.54) is 0 Å². The molecule has 0 radical (unpaired) electrons. The minimum absolute atomic E-state index is 0.0510. The molecule has 3 aromatic carbocycles. The maximum Gasteiger partial charge on any atom is 0.516 e. The molecule has 0 unspecified atom stereocenters. The van der Waals surface area contributed by atoms with Crippen molar-refractivity contribution in [2.24, 2.45) is 5.73 Å². The molecule has 11 heteroatoms. The van der Waals surface area contributed by atoms with Crippen LogP contribution in [0, 0.1) is 0 Å². The van der Waals surface area contributed by atoms with Crippen LogP contribution in [0.25, 0.3) is 11.1 Å². The fraction of sp³-hybridized carbons (Fsp3) is 0.200. The van der Waals surface area contributed by atoms with Crippen LogP contribution in [0.2, 0.25) is 0 Å². The normalized spacial score (nSPS) is 14.0. The van der Waals surface area contributed by atoms with Crippen molar-refractivity contribution in [3.8, 4) is 11.1 Å². The summed E-state index contributed by atoms with van der Waals surface area (Å²) in [5.41, 5.74) is 4.92. The van der Waals surface area contributed by atoms with Gasteiger partial charge in [0.15, 0.2) is 0 Å². The van der Waals surface area contributed by atoms with E-state index in [1.54, 1.807) is 0 Å². The Labute approximate surface area is 204 Å². The SMILES string of the molecule is N[C@@H](Cc1ccc(C(F)(F)P(=O)(O)O)cc1)C(=O)OC(=O)OCC1c2ccccc2-c2ccccc21. The number of ether oxygens (including phenoxy) is 2. The Hall–Kier alpha value is -3.43. The van der Waals surface area contributed by atoms with Crippen molar-refractivity contribution in [2.45, 2.75) is 24.0 Å². The molecule has 3 aromatic rings. The zero-order chi connectivity index (χ0) is 26.1. The molecule has 36 heavy (non-hydrogen) atoms. The first-order valence-electron chi connectivity index (χ1n) is 10.8. The second-order valence-corrected chi connectivity index (χ2v) is 9.95. The highest BCUT2D eigenvalue weighted by atomic mass is 31.2. The van der Waals surface area contributed by atoms with Crippen LogP contribution in [-0.4, -0.2) is 34.6 Å². The van der Waals surface area contributed by atoms with Gasteiger partial charge in [0.2, 0.25) is 0 Å². The Morgan fingerprint density at radius 3 is 2.00 bits per heavy atom. The summed E-state index contributed by atoms with van der Waals surface area (Å²) in [5.74, 6) is -1.30. The van der Waals surface area contributed by atoms with Gasteiger partial charge in [0.05, 0.1) is 0 Å². The van der Waals surface area contributed by atoms with Gasteiger partial charge in [-0.15, -0.1) is 0 Å². The zero-order valence-corrected chi connectivity index (χ0v) is 19.6. The first kappa shape index (κ1) is 25.7. The summed E-state index contributed by atoms with van der Waals surface area (Å²) in [6, 6.07) is 18.1. The lowest BCUT2D eigenvalue weighted by molar-refractivity contribution is -0.141. The van der Waals surface area contributed by atoms with Gasteiger partial charge in [-0.1, -0.05) is 72.8 Å². The predicted octanol–water partition coefficient (Wildman–Crippen LogP) is 4.28. The van der Waals surface area contributed by atoms with E-state index in [9.17, 15) is 22.9 Å². The maximum absolute atomic E-state index is 13.8. The number of halogens is 2. The highest BCUT2D eigenvalue weighted by Crippen LogP contribution is 2.59. The number of benzene rings is 3. The van der Waals surface area contributed by atoms with Crippen LogP contribution in [0.15, 0.2) is 72.8 Å². The van der Waals surface area contributed by atoms with Gasteiger partial charge in [-0.05, 0) is 34.2 Å². The lowest BCUT2D eigenvalue weighted by atomic mass is 9.98. The van der Waals surface area contributed by atoms with Crippen molar-refractivity contribution in [1.29, 1.82) is 0 Å². The van der Waals surface area contributed by atoms with E-state index in [0.717, 1.165) is 46.5 Å². The largest absolute Gasteiger partial charge is 0.516 e. The lowest BCUT2D eigenvalue weighted by Gasteiger charge is -2.18. The van der Waals surface area contributed by atoms with E-state index in [-0.39, 0.29) is 18.9 Å². The molecule has 0 spiro atoms. The second kappa shape index (κ2) is 9.91. The molecule has 188 valence electrons. The Balaban J connectivity index is 1.33. The number of esters is 1. The number of hydrogen-bond acceptors (Lipinski definition) is 6. The highest BCUT2D eigenvalue weighted by Gasteiger charge is 2.50. The molecule has 0 saturated heterocycles. The van der Waals surface area contributed by atoms with Gasteiger partial charge in [-0.25, -0.2) is 9.59 Å². The van der Waals surface area contributed by atoms with E-state index in [4.69, 9.17) is 25.0 Å². The number of rotatable bonds is 7. The molecule has 0 bridgehead atoms. The van der Waals surface area contributed by atoms with Gasteiger partial charge in [-0.3, -0.25) is 4.57 Å². The molecular formula is C25H22F2NO7P. The van der Waals surface area contributed by atoms with Crippen molar-refractivity contribution in [1.82, 2.24) is 0 Å². The van der Waals surface area contributed by atoms with Crippen molar-refractivity contribution in [2.75, 3.05) is 6.61 Å². The van der Waals surface area contributed by atoms with Crippen LogP contribution < -0.4 is 5.73 Å². The molecule has 4 rings (SSSR count). The summed E-state index contributed by atoms with van der Waals surface area (Å²) in [6.45, 7) is -0.0510. The monoisotopic (exact) mass is 517 g/mol. The van der Waals surface area contributed by atoms with Gasteiger partial charge >= 0.3 is 25.4 Å². The van der Waals surface area contributed by atoms with E-state index in [1.807, 2.05) is 48.5 Å². The molecular weight excluding hydrogens is 495 g/mol. The Morgan fingerprint density at radius 2 is 1.47 bits per heavy atom. The highest BCUT2D eigenvalue weighted by molar-refractivity contribution is 7.52. The van der Waals surface area contributed by atoms with Crippen LogP contribution in [0.1, 0.15) is 28.2 Å². The number of carbonyl (C=O) groups excluding carboxylic acids is 2. The predicted molar refractivity (Wildman–Crippen MR) is 125 cm³/mol. The van der Waals surface area contributed by atoms with Gasteiger partial charge in [-0.2, -0.15) is 8.78 Å². The molecule has 0 amide bonds. The van der Waals surface area contributed by atoms with E-state index in [2.05, 4.69) is 0 Å². The third kappa shape index (κ3) is 5.08. The fourth-order valence-electron chi connectivity index (χ4n) is 4.12. The number of carbonyl (C=O) groups is 2. The van der Waals surface area contributed by atoms with Gasteiger partial charge in [0.25, 0.3) is 0 Å². The lowest BCUT2D eigenvalue weighted by Crippen LogP contribution is -2.36. The minimum atomic E-state index is -5.70. The summed E-state index contributed by atoms with van der Waals surface area (Å²) >= 11 is 0. The van der Waals surface area contributed by atoms with E-state index >= 15 is 0 Å². The van der Waals surface area contributed by atoms with Gasteiger partial charge < -0.3 is 25.0 Å². The summed E-state index contributed by atoms with van der Waals surface area (Å²) in [5, 5.41) is 0. The van der Waals surface area contributed by atoms with Gasteiger partial charge in [0.1, 0.15) is 12.6 Å². The van der Waals surface area contributed by atoms with E-state index in [0.29, 0.717) is 5.56 Å². The Morgan fingerprint density at radius 1 is 0.944 bits per heavy atom. The molecule has 0 aromatic heterocycles. The number of hydrogen-bond donors (Lipinski definition) is 3. The summed E-state index contributed by atoms with van der Waals surface area (Å²) < 4.78 is 48.4. The molecule has 0 aliphatic heterocycles. The summed E-state index contributed by atoms with van der Waals surface area (Å²) in [6.07, 6.45) is -1.38. The quantitative estimate of drug-likeness (QED) is 0.240. The van der Waals surface area contributed by atoms with Crippen LogP contribution >= 0.6 is 7.60 Å². The zero-order valence-electron chi connectivity index (χ0n) is 18.7. The summed E-state index contributed by atoms with van der Waals surface area (Å²) in [4.78, 5) is 42.0. The fourth-order valence-corrected chi connectivity index (χ4v) is 4.61. The average Bonchev–Trinajstić information content (AvgIpc) is 3.16. The molecule has 1 atom stereocenters. The molecule has 1 aliphatic carbocycles. The number of nitrogens with two attached hydrogens (primary N) is 1. The smallest absolute Gasteiger partial charge is 0.433 e. The number of alkyl halides is 2. The van der Waals surface area contributed by atoms with Crippen LogP contribution in [-0.2, 0) is 30.9 Å². The van der Waals surface area contributed by atoms with Crippen LogP contribution in [0.5, 0.6) is 0 Å². The second-order valence-electron chi connectivity index (χ2n) is 8.30. The molecule has 0 saturated carbocycles. The van der Waals surface area contributed by atoms with E-state index < -0.39 is 37.0 Å². The van der Waals surface area contributed by atoms with Crippen molar-refractivity contribution in [3.05, 3.63) is 95.1 Å². The third-order valence-corrected chi connectivity index (χ3v) is 6.93. The summed E-state index contributed by atoms with van der Waals surface area (Å²) in [7, 11) is -5.70. The first-order chi connectivity index (χ1) is 17.0. The maximum atomic E-state index is 13.8. The van der Waals surface area contributed by atoms with Crippen molar-refractivity contribution < 1.29 is 42.2 Å². The van der Waals surface area contributed by atoms with Crippen LogP contribution in [0.4, 0.5) is 13.6 Å². The molecule has 4 N–H and O–H groups in total. The van der Waals surface area contributed by atoms with Gasteiger partial charge in [0, 0.05) is 11.5 Å². The number of fused-ring (bicyclic) bond motifs is 3. The first-order valence-corrected chi connectivity index (χ1v) is 12.5. The minimum Gasteiger partial charge on any atom is -0.433 e. The topological polar surface area (TPSA) is 136 Å². The van der Waals surface area contributed by atoms with Crippen molar-refractivity contribution >= 4 is 19.7 Å². The average molecular weight is 517 g/mol.